The molecule has 30 heavy (non-hydrogen) atoms. The number of aryl methyl sites for hydroxylation is 1. The topological polar surface area (TPSA) is 55.4 Å². The molecule has 0 aliphatic carbocycles. The van der Waals surface area contributed by atoms with Crippen molar-refractivity contribution in [2.75, 3.05) is 13.7 Å². The fourth-order valence-electron chi connectivity index (χ4n) is 3.95. The van der Waals surface area contributed by atoms with Crippen LogP contribution in [0, 0.1) is 20.8 Å². The summed E-state index contributed by atoms with van der Waals surface area (Å²) in [6.07, 6.45) is 0.667. The number of rotatable bonds is 8. The number of methoxy groups -OCH3 is 1. The maximum absolute atomic E-state index is 13.1. The van der Waals surface area contributed by atoms with Gasteiger partial charge in [-0.2, -0.15) is 0 Å². The highest BCUT2D eigenvalue weighted by Gasteiger charge is 2.23. The Labute approximate surface area is 180 Å². The molecule has 0 spiro atoms. The molecular weight excluding hydrogens is 394 g/mol. The van der Waals surface area contributed by atoms with Crippen LogP contribution in [0.3, 0.4) is 0 Å². The van der Waals surface area contributed by atoms with Crippen LogP contribution in [0.2, 0.25) is 0 Å². The summed E-state index contributed by atoms with van der Waals surface area (Å²) in [5, 5.41) is 0. The van der Waals surface area contributed by atoms with Crippen LogP contribution in [0.25, 0.3) is 0 Å². The third-order valence-corrected chi connectivity index (χ3v) is 7.35. The van der Waals surface area contributed by atoms with Crippen LogP contribution in [0.4, 0.5) is 0 Å². The van der Waals surface area contributed by atoms with Crippen LogP contribution in [-0.4, -0.2) is 22.1 Å². The Morgan fingerprint density at radius 3 is 1.90 bits per heavy atom. The summed E-state index contributed by atoms with van der Waals surface area (Å²) in [7, 11) is -2.04. The van der Waals surface area contributed by atoms with E-state index in [0.29, 0.717) is 29.2 Å². The molecule has 0 fully saturated rings. The summed E-state index contributed by atoms with van der Waals surface area (Å²) in [6, 6.07) is 22.2. The largest absolute Gasteiger partial charge is 0.496 e. The van der Waals surface area contributed by atoms with Crippen molar-refractivity contribution in [1.82, 2.24) is 4.72 Å². The van der Waals surface area contributed by atoms with Gasteiger partial charge in [-0.1, -0.05) is 60.7 Å². The molecule has 0 saturated carbocycles. The molecule has 158 valence electrons. The van der Waals surface area contributed by atoms with Crippen molar-refractivity contribution in [2.45, 2.75) is 38.0 Å². The molecular formula is C25H29NO3S. The van der Waals surface area contributed by atoms with Gasteiger partial charge in [0.1, 0.15) is 5.75 Å². The summed E-state index contributed by atoms with van der Waals surface area (Å²) < 4.78 is 34.4. The van der Waals surface area contributed by atoms with E-state index in [1.165, 1.54) is 11.1 Å². The highest BCUT2D eigenvalue weighted by molar-refractivity contribution is 7.89. The van der Waals surface area contributed by atoms with Crippen LogP contribution >= 0.6 is 0 Å². The minimum atomic E-state index is -3.63. The lowest BCUT2D eigenvalue weighted by atomic mass is 9.89. The Morgan fingerprint density at radius 1 is 0.867 bits per heavy atom. The Balaban J connectivity index is 1.83. The molecule has 0 saturated heterocycles. The highest BCUT2D eigenvalue weighted by Crippen LogP contribution is 2.31. The first-order valence-electron chi connectivity index (χ1n) is 10.1. The molecule has 0 aliphatic rings. The maximum Gasteiger partial charge on any atom is 0.241 e. The standard InChI is InChI=1S/C25H29NO3S/c1-18-17-24(29-4)19(2)20(3)25(18)30(27,28)26-16-15-23(21-11-7-5-8-12-21)22-13-9-6-10-14-22/h5-14,17,23,26H,15-16H2,1-4H3. The van der Waals surface area contributed by atoms with Gasteiger partial charge in [0.15, 0.2) is 0 Å². The van der Waals surface area contributed by atoms with Gasteiger partial charge in [-0.15, -0.1) is 0 Å². The normalized spacial score (nSPS) is 11.6. The van der Waals surface area contributed by atoms with Crippen molar-refractivity contribution in [2.24, 2.45) is 0 Å². The van der Waals surface area contributed by atoms with E-state index in [0.717, 1.165) is 11.1 Å². The van der Waals surface area contributed by atoms with Crippen molar-refractivity contribution >= 4 is 10.0 Å². The lowest BCUT2D eigenvalue weighted by Gasteiger charge is -2.20. The fourth-order valence-corrected chi connectivity index (χ4v) is 5.52. The van der Waals surface area contributed by atoms with E-state index in [1.54, 1.807) is 20.1 Å². The first-order chi connectivity index (χ1) is 14.3. The predicted octanol–water partition coefficient (Wildman–Crippen LogP) is 5.12. The lowest BCUT2D eigenvalue weighted by Crippen LogP contribution is -2.27. The summed E-state index contributed by atoms with van der Waals surface area (Å²) in [5.74, 6) is 0.826. The van der Waals surface area contributed by atoms with Crippen LogP contribution in [0.5, 0.6) is 5.75 Å². The number of ether oxygens (including phenoxy) is 1. The molecule has 0 atom stereocenters. The Morgan fingerprint density at radius 2 is 1.40 bits per heavy atom. The fraction of sp³-hybridized carbons (Fsp3) is 0.280. The van der Waals surface area contributed by atoms with Crippen LogP contribution in [0.15, 0.2) is 71.6 Å². The van der Waals surface area contributed by atoms with Crippen molar-refractivity contribution < 1.29 is 13.2 Å². The van der Waals surface area contributed by atoms with Gasteiger partial charge >= 0.3 is 0 Å². The Bertz CT molecular complexity index is 1050. The number of sulfonamides is 1. The van der Waals surface area contributed by atoms with Gasteiger partial charge in [-0.25, -0.2) is 13.1 Å². The molecule has 5 heteroatoms. The first-order valence-corrected chi connectivity index (χ1v) is 11.6. The third-order valence-electron chi connectivity index (χ3n) is 5.60. The summed E-state index contributed by atoms with van der Waals surface area (Å²) in [6.45, 7) is 5.87. The molecule has 0 aliphatic heterocycles. The van der Waals surface area contributed by atoms with E-state index < -0.39 is 10.0 Å². The molecule has 0 heterocycles. The quantitative estimate of drug-likeness (QED) is 0.547. The molecule has 0 radical (unpaired) electrons. The highest BCUT2D eigenvalue weighted by atomic mass is 32.2. The number of nitrogens with one attached hydrogen (secondary N) is 1. The van der Waals surface area contributed by atoms with E-state index in [-0.39, 0.29) is 5.92 Å². The van der Waals surface area contributed by atoms with E-state index in [1.807, 2.05) is 50.2 Å². The van der Waals surface area contributed by atoms with E-state index in [9.17, 15) is 8.42 Å². The number of hydrogen-bond acceptors (Lipinski definition) is 3. The molecule has 4 nitrogen and oxygen atoms in total. The minimum absolute atomic E-state index is 0.120. The van der Waals surface area contributed by atoms with Gasteiger partial charge in [-0.05, 0) is 61.1 Å². The molecule has 0 unspecified atom stereocenters. The monoisotopic (exact) mass is 423 g/mol. The Hall–Kier alpha value is -2.63. The zero-order chi connectivity index (χ0) is 21.7. The van der Waals surface area contributed by atoms with Crippen molar-refractivity contribution in [1.29, 1.82) is 0 Å². The minimum Gasteiger partial charge on any atom is -0.496 e. The maximum atomic E-state index is 13.1. The SMILES string of the molecule is COc1cc(C)c(S(=O)(=O)NCCC(c2ccccc2)c2ccccc2)c(C)c1C. The second-order valence-corrected chi connectivity index (χ2v) is 9.24. The van der Waals surface area contributed by atoms with Gasteiger partial charge in [0.25, 0.3) is 0 Å². The van der Waals surface area contributed by atoms with Gasteiger partial charge in [0.05, 0.1) is 12.0 Å². The predicted molar refractivity (Wildman–Crippen MR) is 122 cm³/mol. The molecule has 0 bridgehead atoms. The first kappa shape index (κ1) is 22.1. The second kappa shape index (κ2) is 9.45. The van der Waals surface area contributed by atoms with Crippen molar-refractivity contribution in [3.05, 3.63) is 94.5 Å². The number of hydrogen-bond donors (Lipinski definition) is 1. The smallest absolute Gasteiger partial charge is 0.241 e. The lowest BCUT2D eigenvalue weighted by molar-refractivity contribution is 0.410. The number of benzene rings is 3. The van der Waals surface area contributed by atoms with Gasteiger partial charge in [0, 0.05) is 12.5 Å². The molecule has 3 rings (SSSR count). The van der Waals surface area contributed by atoms with Crippen molar-refractivity contribution in [3.63, 3.8) is 0 Å². The van der Waals surface area contributed by atoms with Gasteiger partial charge in [-0.3, -0.25) is 0 Å². The molecule has 3 aromatic carbocycles. The molecule has 3 aromatic rings. The van der Waals surface area contributed by atoms with E-state index in [2.05, 4.69) is 29.0 Å². The second-order valence-electron chi connectivity index (χ2n) is 7.54. The Kier molecular flexibility index (Phi) is 6.95. The van der Waals surface area contributed by atoms with Gasteiger partial charge < -0.3 is 4.74 Å². The van der Waals surface area contributed by atoms with Crippen LogP contribution < -0.4 is 9.46 Å². The van der Waals surface area contributed by atoms with Gasteiger partial charge in [0.2, 0.25) is 10.0 Å². The van der Waals surface area contributed by atoms with E-state index >= 15 is 0 Å². The third kappa shape index (κ3) is 4.74. The van der Waals surface area contributed by atoms with Crippen LogP contribution in [-0.2, 0) is 10.0 Å². The zero-order valence-corrected chi connectivity index (χ0v) is 18.8. The summed E-state index contributed by atoms with van der Waals surface area (Å²) in [5.41, 5.74) is 4.60. The molecule has 1 N–H and O–H groups in total. The average molecular weight is 424 g/mol. The summed E-state index contributed by atoms with van der Waals surface area (Å²) in [4.78, 5) is 0.344. The summed E-state index contributed by atoms with van der Waals surface area (Å²) >= 11 is 0. The van der Waals surface area contributed by atoms with Crippen LogP contribution in [0.1, 0.15) is 40.2 Å². The molecule has 0 amide bonds. The molecule has 0 aromatic heterocycles. The average Bonchev–Trinajstić information content (AvgIpc) is 2.75. The zero-order valence-electron chi connectivity index (χ0n) is 18.0. The van der Waals surface area contributed by atoms with Crippen molar-refractivity contribution in [3.8, 4) is 5.75 Å². The van der Waals surface area contributed by atoms with E-state index in [4.69, 9.17) is 4.74 Å².